The predicted molar refractivity (Wildman–Crippen MR) is 282 cm³/mol. The Bertz CT molecular complexity index is 2240. The molecule has 1 aromatic carbocycles. The number of carboxylic acids is 1. The van der Waals surface area contributed by atoms with Crippen molar-refractivity contribution >= 4 is 22.8 Å². The van der Waals surface area contributed by atoms with Gasteiger partial charge in [0, 0.05) is 77.0 Å². The number of carbonyl (C=O) groups excluding carboxylic acids is 1. The number of esters is 1. The molecule has 5 N–H and O–H groups in total. The van der Waals surface area contributed by atoms with Gasteiger partial charge in [0.1, 0.15) is 35.6 Å². The van der Waals surface area contributed by atoms with Gasteiger partial charge >= 0.3 is 11.9 Å². The third-order valence-corrected chi connectivity index (χ3v) is 16.1. The Morgan fingerprint density at radius 2 is 1.60 bits per heavy atom. The van der Waals surface area contributed by atoms with Gasteiger partial charge in [-0.1, -0.05) is 26.8 Å². The van der Waals surface area contributed by atoms with Crippen molar-refractivity contribution in [3.8, 4) is 0 Å². The van der Waals surface area contributed by atoms with Crippen LogP contribution in [0.2, 0.25) is 0 Å². The van der Waals surface area contributed by atoms with Gasteiger partial charge in [-0.2, -0.15) is 0 Å². The molecule has 3 aliphatic rings. The minimum atomic E-state index is -1.84. The number of aliphatic hydroxyl groups is 4. The van der Waals surface area contributed by atoms with E-state index in [4.69, 9.17) is 37.9 Å². The van der Waals surface area contributed by atoms with Crippen LogP contribution < -0.4 is 10.4 Å². The number of cyclic esters (lactones) is 1. The molecule has 75 heavy (non-hydrogen) atoms. The molecule has 18 atom stereocenters. The fraction of sp³-hybridized carbons (Fsp3) is 0.800. The summed E-state index contributed by atoms with van der Waals surface area (Å²) in [4.78, 5) is 43.3. The third kappa shape index (κ3) is 14.7. The number of aliphatic hydroxyl groups excluding tert-OH is 2. The number of hydrogen-bond donors (Lipinski definition) is 5. The Hall–Kier alpha value is -3.35. The van der Waals surface area contributed by atoms with E-state index < -0.39 is 107 Å². The summed E-state index contributed by atoms with van der Waals surface area (Å²) < 4.78 is 53.1. The second-order valence-electron chi connectivity index (χ2n) is 22.9. The van der Waals surface area contributed by atoms with E-state index in [2.05, 4.69) is 0 Å². The molecule has 428 valence electrons. The lowest BCUT2D eigenvalue weighted by Gasteiger charge is -2.49. The zero-order chi connectivity index (χ0) is 56.1. The molecule has 0 bridgehead atoms. The highest BCUT2D eigenvalue weighted by Gasteiger charge is 2.53. The Balaban J connectivity index is 1.35. The lowest BCUT2D eigenvalue weighted by molar-refractivity contribution is -0.320. The molecule has 20 nitrogen and oxygen atoms in total. The normalized spacial score (nSPS) is 38.0. The highest BCUT2D eigenvalue weighted by molar-refractivity contribution is 5.92. The minimum Gasteiger partial charge on any atom is -0.477 e. The van der Waals surface area contributed by atoms with Crippen molar-refractivity contribution in [3.05, 3.63) is 45.7 Å². The maximum atomic E-state index is 14.6. The number of rotatable bonds is 17. The van der Waals surface area contributed by atoms with Crippen LogP contribution in [0, 0.1) is 17.8 Å². The molecule has 3 aliphatic heterocycles. The maximum Gasteiger partial charge on any atom is 0.341 e. The fourth-order valence-electron chi connectivity index (χ4n) is 11.7. The van der Waals surface area contributed by atoms with Crippen LogP contribution in [0.1, 0.15) is 117 Å². The van der Waals surface area contributed by atoms with Crippen LogP contribution in [-0.4, -0.2) is 211 Å². The molecule has 0 unspecified atom stereocenters. The van der Waals surface area contributed by atoms with Gasteiger partial charge in [0.05, 0.1) is 53.7 Å². The molecule has 5 rings (SSSR count). The summed E-state index contributed by atoms with van der Waals surface area (Å²) in [5.41, 5.74) is -3.82. The molecule has 1 aromatic heterocycles. The zero-order valence-corrected chi connectivity index (χ0v) is 47.6. The molecule has 0 spiro atoms. The van der Waals surface area contributed by atoms with Crippen LogP contribution in [0.5, 0.6) is 0 Å². The molecule has 4 heterocycles. The number of aromatic carboxylic acids is 1. The van der Waals surface area contributed by atoms with Gasteiger partial charge in [-0.05, 0) is 125 Å². The number of ether oxygens (including phenoxy) is 8. The van der Waals surface area contributed by atoms with E-state index in [0.29, 0.717) is 56.5 Å². The first kappa shape index (κ1) is 62.5. The van der Waals surface area contributed by atoms with Crippen LogP contribution in [0.4, 0.5) is 0 Å². The van der Waals surface area contributed by atoms with Crippen molar-refractivity contribution in [3.63, 3.8) is 0 Å². The van der Waals surface area contributed by atoms with E-state index in [1.807, 2.05) is 71.6 Å². The molecule has 2 aromatic rings. The number of aromatic nitrogens is 1. The third-order valence-electron chi connectivity index (χ3n) is 16.1. The largest absolute Gasteiger partial charge is 0.477 e. The summed E-state index contributed by atoms with van der Waals surface area (Å²) in [6.45, 7) is 19.4. The molecule has 0 saturated carbocycles. The smallest absolute Gasteiger partial charge is 0.341 e. The van der Waals surface area contributed by atoms with Crippen LogP contribution in [0.25, 0.3) is 10.9 Å². The highest BCUT2D eigenvalue weighted by Crippen LogP contribution is 2.41. The quantitative estimate of drug-likeness (QED) is 0.112. The summed E-state index contributed by atoms with van der Waals surface area (Å²) in [6, 6.07) is 4.54. The number of benzene rings is 1. The van der Waals surface area contributed by atoms with Crippen LogP contribution in [0.3, 0.4) is 0 Å². The van der Waals surface area contributed by atoms with E-state index >= 15 is 0 Å². The number of likely N-dealkylation sites (N-methyl/N-ethyl adjacent to an activating group) is 2. The average molecular weight is 1070 g/mol. The van der Waals surface area contributed by atoms with E-state index in [0.717, 1.165) is 5.56 Å². The number of nitrogens with zero attached hydrogens (tertiary/aromatic N) is 4. The Morgan fingerprint density at radius 3 is 2.21 bits per heavy atom. The lowest BCUT2D eigenvalue weighted by atomic mass is 9.77. The van der Waals surface area contributed by atoms with Crippen LogP contribution >= 0.6 is 0 Å². The van der Waals surface area contributed by atoms with E-state index in [1.54, 1.807) is 70.7 Å². The summed E-state index contributed by atoms with van der Waals surface area (Å²) in [5, 5.41) is 59.8. The number of hydrogen-bond acceptors (Lipinski definition) is 18. The van der Waals surface area contributed by atoms with Gasteiger partial charge in [-0.25, -0.2) is 4.79 Å². The van der Waals surface area contributed by atoms with Crippen molar-refractivity contribution in [1.29, 1.82) is 0 Å². The molecule has 0 radical (unpaired) electrons. The SMILES string of the molecule is CC[C@H]1OC(=O)[C@H](C)[C@@H](O[C@H]2C[C@@](C)(OC)[C@@H](OCCCOCCc3ccc4c(c3)c(=O)c(C(=O)O)cn4N(C)C)[C@H](C)O2)[C@H](C)[C@@H](O[C@@H]2O[C@H](C)C[C@H](N(C)C)[C@H]2O)[C@](C)(O)C[C@@H](C)CN(C)[C@H](C)[C@@H](O)[C@]1(C)O. The predicted octanol–water partition coefficient (Wildman–Crippen LogP) is 3.79. The Labute approximate surface area is 444 Å². The van der Waals surface area contributed by atoms with Gasteiger partial charge in [0.15, 0.2) is 12.6 Å². The first-order valence-electron chi connectivity index (χ1n) is 26.8. The Kier molecular flexibility index (Phi) is 21.7. The molecule has 3 fully saturated rings. The van der Waals surface area contributed by atoms with Crippen molar-refractivity contribution in [2.45, 2.75) is 198 Å². The lowest BCUT2D eigenvalue weighted by Crippen LogP contribution is -2.61. The first-order valence-corrected chi connectivity index (χ1v) is 26.8. The second-order valence-corrected chi connectivity index (χ2v) is 22.9. The van der Waals surface area contributed by atoms with Gasteiger partial charge in [0.2, 0.25) is 5.43 Å². The zero-order valence-electron chi connectivity index (χ0n) is 47.6. The van der Waals surface area contributed by atoms with Crippen LogP contribution in [-0.2, 0) is 49.1 Å². The summed E-state index contributed by atoms with van der Waals surface area (Å²) in [5.74, 6) is -4.01. The van der Waals surface area contributed by atoms with Gasteiger partial charge in [0.25, 0.3) is 0 Å². The molecule has 3 saturated heterocycles. The number of pyridine rings is 1. The van der Waals surface area contributed by atoms with Crippen molar-refractivity contribution < 1.29 is 73.0 Å². The van der Waals surface area contributed by atoms with Crippen LogP contribution in [0.15, 0.2) is 29.2 Å². The summed E-state index contributed by atoms with van der Waals surface area (Å²) >= 11 is 0. The number of fused-ring (bicyclic) bond motifs is 1. The second kappa shape index (κ2) is 26.1. The van der Waals surface area contributed by atoms with Gasteiger partial charge < -0.3 is 78.2 Å². The molecule has 0 amide bonds. The number of methoxy groups -OCH3 is 1. The molecular weight excluding hydrogens is 973 g/mol. The summed E-state index contributed by atoms with van der Waals surface area (Å²) in [7, 11) is 10.7. The fourth-order valence-corrected chi connectivity index (χ4v) is 11.7. The molecule has 0 aliphatic carbocycles. The molecular formula is C55H92N4O16. The highest BCUT2D eigenvalue weighted by atomic mass is 16.7. The van der Waals surface area contributed by atoms with E-state index in [-0.39, 0.29) is 42.9 Å². The van der Waals surface area contributed by atoms with Crippen molar-refractivity contribution in [2.24, 2.45) is 17.8 Å². The van der Waals surface area contributed by atoms with Crippen molar-refractivity contribution in [1.82, 2.24) is 14.5 Å². The van der Waals surface area contributed by atoms with Gasteiger partial charge in [-0.15, -0.1) is 0 Å². The van der Waals surface area contributed by atoms with Gasteiger partial charge in [-0.3, -0.25) is 14.3 Å². The number of carbonyl (C=O) groups is 2. The monoisotopic (exact) mass is 1060 g/mol. The van der Waals surface area contributed by atoms with E-state index in [1.165, 1.54) is 13.1 Å². The van der Waals surface area contributed by atoms with E-state index in [9.17, 15) is 39.9 Å². The standard InChI is InChI=1S/C55H92N4O16/c1-17-42-55(10,67)47(62)35(6)58(15)29-31(2)27-53(8,66)48(75-52-45(61)41(56(11)12)25-32(3)71-52)33(4)46(34(5)51(65)73-42)74-43-28-54(9,68-16)49(36(7)72-43)70-23-18-22-69-24-21-37-19-20-40-38(26-37)44(60)39(50(63)64)30-59(40)57(13)14/h19-20,26,30-36,41-43,45-49,52,61-62,66-67H,17-18,21-25,27-29H2,1-16H3,(H,63,64)/t31-,32-,33+,34-,35-,36+,41+,42-,43+,45-,46+,47-,48-,49+,52+,53-,54-,55-/m1/s1. The molecule has 20 heteroatoms. The minimum absolute atomic E-state index is 0.174. The maximum absolute atomic E-state index is 14.6. The Morgan fingerprint density at radius 1 is 0.920 bits per heavy atom. The number of carboxylic acid groups (broad SMARTS) is 1. The average Bonchev–Trinajstić information content (AvgIpc) is 3.33. The topological polar surface area (TPSA) is 241 Å². The van der Waals surface area contributed by atoms with Crippen molar-refractivity contribution in [2.75, 3.05) is 73.7 Å². The summed E-state index contributed by atoms with van der Waals surface area (Å²) in [6.07, 6.45) is -5.67. The first-order chi connectivity index (χ1) is 35.0.